The summed E-state index contributed by atoms with van der Waals surface area (Å²) in [5, 5.41) is 0. The highest BCUT2D eigenvalue weighted by atomic mass is 32.2. The zero-order chi connectivity index (χ0) is 23.4. The first kappa shape index (κ1) is 24.0. The van der Waals surface area contributed by atoms with Gasteiger partial charge >= 0.3 is 0 Å². The van der Waals surface area contributed by atoms with Crippen molar-refractivity contribution in [1.29, 1.82) is 0 Å². The largest absolute Gasteiger partial charge is 0.359 e. The van der Waals surface area contributed by atoms with E-state index in [1.807, 2.05) is 24.3 Å². The van der Waals surface area contributed by atoms with Crippen molar-refractivity contribution in [3.8, 4) is 11.1 Å². The van der Waals surface area contributed by atoms with Crippen molar-refractivity contribution in [2.45, 2.75) is 37.8 Å². The molecule has 1 N–H and O–H groups in total. The van der Waals surface area contributed by atoms with Gasteiger partial charge in [0.05, 0.1) is 18.1 Å². The molecule has 33 heavy (non-hydrogen) atoms. The minimum atomic E-state index is -3.32. The van der Waals surface area contributed by atoms with Crippen LogP contribution in [0.1, 0.15) is 31.4 Å². The Labute approximate surface area is 195 Å². The molecule has 2 fully saturated rings. The van der Waals surface area contributed by atoms with Gasteiger partial charge < -0.3 is 9.47 Å². The van der Waals surface area contributed by atoms with Crippen molar-refractivity contribution < 1.29 is 22.3 Å². The first-order valence-corrected chi connectivity index (χ1v) is 13.2. The van der Waals surface area contributed by atoms with Crippen LogP contribution in [0.15, 0.2) is 48.7 Å². The van der Waals surface area contributed by atoms with Crippen LogP contribution in [0.3, 0.4) is 0 Å². The monoisotopic (exact) mass is 474 g/mol. The lowest BCUT2D eigenvalue weighted by Crippen LogP contribution is -2.37. The Morgan fingerprint density at radius 3 is 2.73 bits per heavy atom. The summed E-state index contributed by atoms with van der Waals surface area (Å²) in [5.41, 5.74) is 2.41. The molecule has 0 bridgehead atoms. The average Bonchev–Trinajstić information content (AvgIpc) is 3.11. The predicted molar refractivity (Wildman–Crippen MR) is 126 cm³/mol. The molecule has 1 heterocycles. The van der Waals surface area contributed by atoms with Crippen molar-refractivity contribution in [2.75, 3.05) is 20.2 Å². The predicted octanol–water partition coefficient (Wildman–Crippen LogP) is 4.24. The van der Waals surface area contributed by atoms with Gasteiger partial charge in [0.25, 0.3) is 0 Å². The molecule has 0 spiro atoms. The van der Waals surface area contributed by atoms with Gasteiger partial charge in [-0.3, -0.25) is 4.98 Å². The molecule has 2 aliphatic rings. The van der Waals surface area contributed by atoms with Gasteiger partial charge in [-0.2, -0.15) is 0 Å². The summed E-state index contributed by atoms with van der Waals surface area (Å²) in [6.07, 6.45) is 10.8. The van der Waals surface area contributed by atoms with Gasteiger partial charge in [0.15, 0.2) is 0 Å². The van der Waals surface area contributed by atoms with Crippen LogP contribution >= 0.6 is 0 Å². The fourth-order valence-electron chi connectivity index (χ4n) is 5.35. The van der Waals surface area contributed by atoms with E-state index < -0.39 is 10.0 Å². The number of rotatable bonds is 8. The standard InChI is InChI=1S/C25H31FN2O4S/c1-31-16-32-22-9-11-23-19(13-22)14-25(28-33(2,29)30)24(23)10-8-21-7-6-18(15-27-21)17-4-3-5-20(26)12-17/h3-8,10,12,15,19,22-25,28H,9,11,13-14,16H2,1-2H3/t19-,22+,23+,24-,25-/m0/s1. The Hall–Kier alpha value is -2.13. The second kappa shape index (κ2) is 10.4. The van der Waals surface area contributed by atoms with E-state index in [4.69, 9.17) is 9.47 Å². The number of ether oxygens (including phenoxy) is 2. The number of benzene rings is 1. The van der Waals surface area contributed by atoms with Crippen LogP contribution < -0.4 is 4.72 Å². The third-order valence-electron chi connectivity index (χ3n) is 6.73. The number of nitrogens with zero attached hydrogens (tertiary/aromatic N) is 1. The number of hydrogen-bond acceptors (Lipinski definition) is 5. The summed E-state index contributed by atoms with van der Waals surface area (Å²) in [5.74, 6) is 0.615. The van der Waals surface area contributed by atoms with E-state index in [1.54, 1.807) is 19.4 Å². The molecular formula is C25H31FN2O4S. The Morgan fingerprint density at radius 2 is 2.03 bits per heavy atom. The van der Waals surface area contributed by atoms with Crippen LogP contribution in [0, 0.1) is 23.6 Å². The summed E-state index contributed by atoms with van der Waals surface area (Å²) in [6, 6.07) is 10.1. The fourth-order valence-corrected chi connectivity index (χ4v) is 6.15. The first-order valence-electron chi connectivity index (χ1n) is 11.3. The maximum atomic E-state index is 13.5. The van der Waals surface area contributed by atoms with Gasteiger partial charge in [-0.15, -0.1) is 0 Å². The van der Waals surface area contributed by atoms with E-state index in [1.165, 1.54) is 18.4 Å². The SMILES string of the molecule is COCO[C@@H]1CC[C@@H]2[C@@H](C1)C[C@H](NS(C)(=O)=O)[C@H]2C=Cc1ccc(-c2cccc(F)c2)cn1. The molecule has 2 aliphatic carbocycles. The maximum Gasteiger partial charge on any atom is 0.208 e. The molecule has 6 nitrogen and oxygen atoms in total. The minimum absolute atomic E-state index is 0.0952. The third-order valence-corrected chi connectivity index (χ3v) is 7.46. The second-order valence-corrected chi connectivity index (χ2v) is 10.9. The number of nitrogens with one attached hydrogen (secondary N) is 1. The van der Waals surface area contributed by atoms with E-state index in [2.05, 4.69) is 15.8 Å². The number of hydrogen-bond donors (Lipinski definition) is 1. The molecular weight excluding hydrogens is 443 g/mol. The normalized spacial score (nSPS) is 27.7. The summed E-state index contributed by atoms with van der Waals surface area (Å²) >= 11 is 0. The fraction of sp³-hybridized carbons (Fsp3) is 0.480. The topological polar surface area (TPSA) is 77.5 Å². The van der Waals surface area contributed by atoms with Crippen LogP contribution in [0.4, 0.5) is 4.39 Å². The summed E-state index contributed by atoms with van der Waals surface area (Å²) < 4.78 is 51.2. The Balaban J connectivity index is 1.49. The molecule has 8 heteroatoms. The zero-order valence-corrected chi connectivity index (χ0v) is 19.8. The molecule has 0 unspecified atom stereocenters. The lowest BCUT2D eigenvalue weighted by Gasteiger charge is -2.33. The van der Waals surface area contributed by atoms with Crippen LogP contribution in [0.5, 0.6) is 0 Å². The Morgan fingerprint density at radius 1 is 1.18 bits per heavy atom. The Bertz CT molecular complexity index is 1070. The lowest BCUT2D eigenvalue weighted by molar-refractivity contribution is -0.0930. The molecule has 178 valence electrons. The molecule has 0 saturated heterocycles. The molecule has 0 radical (unpaired) electrons. The molecule has 0 amide bonds. The highest BCUT2D eigenvalue weighted by Crippen LogP contribution is 2.47. The van der Waals surface area contributed by atoms with Crippen LogP contribution in [-0.4, -0.2) is 45.7 Å². The molecule has 1 aromatic carbocycles. The van der Waals surface area contributed by atoms with Gasteiger partial charge in [-0.1, -0.05) is 24.3 Å². The smallest absolute Gasteiger partial charge is 0.208 e. The minimum Gasteiger partial charge on any atom is -0.359 e. The highest BCUT2D eigenvalue weighted by molar-refractivity contribution is 7.88. The number of aromatic nitrogens is 1. The van der Waals surface area contributed by atoms with Crippen molar-refractivity contribution in [2.24, 2.45) is 17.8 Å². The second-order valence-electron chi connectivity index (χ2n) is 9.08. The van der Waals surface area contributed by atoms with E-state index in [9.17, 15) is 12.8 Å². The number of methoxy groups -OCH3 is 1. The van der Waals surface area contributed by atoms with Gasteiger partial charge in [-0.05, 0) is 73.3 Å². The summed E-state index contributed by atoms with van der Waals surface area (Å²) in [4.78, 5) is 4.51. The highest BCUT2D eigenvalue weighted by Gasteiger charge is 2.45. The van der Waals surface area contributed by atoms with E-state index >= 15 is 0 Å². The van der Waals surface area contributed by atoms with E-state index in [-0.39, 0.29) is 30.7 Å². The van der Waals surface area contributed by atoms with Crippen LogP contribution in [0.25, 0.3) is 17.2 Å². The van der Waals surface area contributed by atoms with Gasteiger partial charge in [0.1, 0.15) is 12.6 Å². The average molecular weight is 475 g/mol. The molecule has 2 aromatic rings. The molecule has 2 saturated carbocycles. The maximum absolute atomic E-state index is 13.5. The molecule has 5 atom stereocenters. The number of pyridine rings is 1. The number of halogens is 1. The third kappa shape index (κ3) is 6.26. The van der Waals surface area contributed by atoms with Crippen molar-refractivity contribution in [1.82, 2.24) is 9.71 Å². The van der Waals surface area contributed by atoms with Gasteiger partial charge in [-0.25, -0.2) is 17.5 Å². The van der Waals surface area contributed by atoms with Gasteiger partial charge in [0.2, 0.25) is 10.0 Å². The number of fused-ring (bicyclic) bond motifs is 1. The molecule has 0 aliphatic heterocycles. The van der Waals surface area contributed by atoms with Crippen LogP contribution in [0.2, 0.25) is 0 Å². The van der Waals surface area contributed by atoms with Crippen molar-refractivity contribution in [3.63, 3.8) is 0 Å². The van der Waals surface area contributed by atoms with Crippen molar-refractivity contribution >= 4 is 16.1 Å². The summed E-state index contributed by atoms with van der Waals surface area (Å²) in [6.45, 7) is 0.285. The van der Waals surface area contributed by atoms with E-state index in [0.717, 1.165) is 42.5 Å². The van der Waals surface area contributed by atoms with Crippen molar-refractivity contribution in [3.05, 3.63) is 60.2 Å². The summed E-state index contributed by atoms with van der Waals surface area (Å²) in [7, 11) is -1.70. The quantitative estimate of drug-likeness (QED) is 0.579. The van der Waals surface area contributed by atoms with Gasteiger partial charge in [0, 0.05) is 24.9 Å². The zero-order valence-electron chi connectivity index (χ0n) is 19.0. The molecule has 1 aromatic heterocycles. The van der Waals surface area contributed by atoms with Crippen LogP contribution in [-0.2, 0) is 19.5 Å². The molecule has 4 rings (SSSR count). The number of sulfonamides is 1. The first-order chi connectivity index (χ1) is 15.8. The Kier molecular flexibility index (Phi) is 7.58. The lowest BCUT2D eigenvalue weighted by atomic mass is 9.76. The van der Waals surface area contributed by atoms with E-state index in [0.29, 0.717) is 11.8 Å².